The van der Waals surface area contributed by atoms with E-state index in [4.69, 9.17) is 14.2 Å². The van der Waals surface area contributed by atoms with Crippen LogP contribution in [0.1, 0.15) is 220 Å². The third-order valence-corrected chi connectivity index (χ3v) is 9.76. The largest absolute Gasteiger partial charge is 0.462 e. The van der Waals surface area contributed by atoms with E-state index in [0.29, 0.717) is 19.3 Å². The van der Waals surface area contributed by atoms with Gasteiger partial charge < -0.3 is 14.2 Å². The number of carbonyl (C=O) groups is 3. The first kappa shape index (κ1) is 53.1. The van der Waals surface area contributed by atoms with Crippen LogP contribution in [-0.2, 0) is 28.6 Å². The maximum Gasteiger partial charge on any atom is 0.306 e. The minimum Gasteiger partial charge on any atom is -0.462 e. The lowest BCUT2D eigenvalue weighted by atomic mass is 10.1. The number of ether oxygens (including phenoxy) is 3. The maximum absolute atomic E-state index is 12.7. The molecule has 0 aromatic heterocycles. The SMILES string of the molecule is CC/C=C\C/C=C\C/C=C\C/C=C\CCCCC(=O)OCC(COC(=O)CCCCCCCCCC)OC(=O)CCCCCCC/C=C\CCCCCCCC. The van der Waals surface area contributed by atoms with Gasteiger partial charge in [-0.15, -0.1) is 0 Å². The van der Waals surface area contributed by atoms with Crippen LogP contribution in [0.2, 0.25) is 0 Å². The molecule has 0 aliphatic rings. The summed E-state index contributed by atoms with van der Waals surface area (Å²) < 4.78 is 16.6. The third-order valence-electron chi connectivity index (χ3n) is 9.76. The molecule has 0 aromatic rings. The van der Waals surface area contributed by atoms with E-state index in [2.05, 4.69) is 81.5 Å². The summed E-state index contributed by atoms with van der Waals surface area (Å²) in [4.78, 5) is 37.7. The smallest absolute Gasteiger partial charge is 0.306 e. The molecule has 0 bridgehead atoms. The van der Waals surface area contributed by atoms with E-state index in [1.54, 1.807) is 0 Å². The van der Waals surface area contributed by atoms with Gasteiger partial charge in [-0.3, -0.25) is 14.4 Å². The van der Waals surface area contributed by atoms with Crippen molar-refractivity contribution in [3.8, 4) is 0 Å². The number of allylic oxidation sites excluding steroid dienone is 10. The Morgan fingerprint density at radius 1 is 0.375 bits per heavy atom. The zero-order valence-electron chi connectivity index (χ0n) is 36.6. The van der Waals surface area contributed by atoms with Gasteiger partial charge in [0, 0.05) is 19.3 Å². The number of rotatable bonds is 41. The van der Waals surface area contributed by atoms with Crippen LogP contribution < -0.4 is 0 Å². The summed E-state index contributed by atoms with van der Waals surface area (Å²) in [5, 5.41) is 0. The van der Waals surface area contributed by atoms with E-state index >= 15 is 0 Å². The van der Waals surface area contributed by atoms with Crippen LogP contribution >= 0.6 is 0 Å². The highest BCUT2D eigenvalue weighted by atomic mass is 16.6. The molecular weight excluding hydrogens is 697 g/mol. The average Bonchev–Trinajstić information content (AvgIpc) is 3.19. The summed E-state index contributed by atoms with van der Waals surface area (Å²) in [5.74, 6) is -0.948. The Kier molecular flexibility index (Phi) is 42.5. The topological polar surface area (TPSA) is 78.9 Å². The summed E-state index contributed by atoms with van der Waals surface area (Å²) in [7, 11) is 0. The Labute approximate surface area is 345 Å². The summed E-state index contributed by atoms with van der Waals surface area (Å²) in [6, 6.07) is 0. The fourth-order valence-corrected chi connectivity index (χ4v) is 6.25. The molecule has 0 rings (SSSR count). The van der Waals surface area contributed by atoms with Gasteiger partial charge in [0.05, 0.1) is 0 Å². The summed E-state index contributed by atoms with van der Waals surface area (Å²) in [6.45, 7) is 6.43. The lowest BCUT2D eigenvalue weighted by Crippen LogP contribution is -2.30. The molecule has 56 heavy (non-hydrogen) atoms. The van der Waals surface area contributed by atoms with Crippen LogP contribution in [0.4, 0.5) is 0 Å². The molecule has 0 N–H and O–H groups in total. The van der Waals surface area contributed by atoms with Crippen LogP contribution in [0.15, 0.2) is 60.8 Å². The predicted octanol–water partition coefficient (Wildman–Crippen LogP) is 14.9. The molecule has 6 nitrogen and oxygen atoms in total. The van der Waals surface area contributed by atoms with Gasteiger partial charge in [-0.1, -0.05) is 178 Å². The Hall–Kier alpha value is -2.89. The van der Waals surface area contributed by atoms with Gasteiger partial charge in [0.1, 0.15) is 13.2 Å². The Morgan fingerprint density at radius 2 is 0.696 bits per heavy atom. The van der Waals surface area contributed by atoms with Crippen molar-refractivity contribution < 1.29 is 28.6 Å². The van der Waals surface area contributed by atoms with Crippen molar-refractivity contribution in [2.75, 3.05) is 13.2 Å². The van der Waals surface area contributed by atoms with Gasteiger partial charge in [-0.2, -0.15) is 0 Å². The molecule has 0 aliphatic carbocycles. The first-order valence-electron chi connectivity index (χ1n) is 23.3. The second kappa shape index (κ2) is 44.8. The van der Waals surface area contributed by atoms with Crippen molar-refractivity contribution in [2.45, 2.75) is 226 Å². The Bertz CT molecular complexity index is 1040. The van der Waals surface area contributed by atoms with E-state index in [1.807, 2.05) is 0 Å². The summed E-state index contributed by atoms with van der Waals surface area (Å²) >= 11 is 0. The predicted molar refractivity (Wildman–Crippen MR) is 238 cm³/mol. The molecule has 0 amide bonds. The molecule has 6 heteroatoms. The standard InChI is InChI=1S/C50H86O6/c1-4-7-10-13-16-19-21-23-25-27-29-31-34-37-40-43-49(52)55-46-47(45-54-48(51)42-39-36-33-18-15-12-9-6-3)56-50(53)44-41-38-35-32-30-28-26-24-22-20-17-14-11-8-5-2/h7,10,16,19,23-26,29,31,47H,4-6,8-9,11-15,17-18,20-22,27-28,30,32-46H2,1-3H3/b10-7-,19-16-,25-23-,26-24-,31-29-. The first-order valence-corrected chi connectivity index (χ1v) is 23.3. The van der Waals surface area contributed by atoms with Crippen LogP contribution in [0.5, 0.6) is 0 Å². The summed E-state index contributed by atoms with van der Waals surface area (Å²) in [5.41, 5.74) is 0. The Balaban J connectivity index is 4.42. The van der Waals surface area contributed by atoms with Gasteiger partial charge in [0.2, 0.25) is 0 Å². The lowest BCUT2D eigenvalue weighted by molar-refractivity contribution is -0.167. The van der Waals surface area contributed by atoms with E-state index in [1.165, 1.54) is 83.5 Å². The van der Waals surface area contributed by atoms with Crippen LogP contribution in [0, 0.1) is 0 Å². The highest BCUT2D eigenvalue weighted by Gasteiger charge is 2.19. The van der Waals surface area contributed by atoms with Crippen molar-refractivity contribution in [1.29, 1.82) is 0 Å². The van der Waals surface area contributed by atoms with Crippen molar-refractivity contribution in [1.82, 2.24) is 0 Å². The van der Waals surface area contributed by atoms with Crippen LogP contribution in [0.3, 0.4) is 0 Å². The van der Waals surface area contributed by atoms with Gasteiger partial charge in [0.15, 0.2) is 6.10 Å². The van der Waals surface area contributed by atoms with Gasteiger partial charge in [-0.25, -0.2) is 0 Å². The number of hydrogen-bond acceptors (Lipinski definition) is 6. The molecule has 0 radical (unpaired) electrons. The molecule has 0 saturated carbocycles. The molecule has 322 valence electrons. The molecule has 0 heterocycles. The maximum atomic E-state index is 12.7. The number of carbonyl (C=O) groups excluding carboxylic acids is 3. The second-order valence-electron chi connectivity index (χ2n) is 15.3. The monoisotopic (exact) mass is 783 g/mol. The molecule has 1 atom stereocenters. The highest BCUT2D eigenvalue weighted by Crippen LogP contribution is 2.13. The average molecular weight is 783 g/mol. The Morgan fingerprint density at radius 3 is 1.14 bits per heavy atom. The minimum atomic E-state index is -0.790. The van der Waals surface area contributed by atoms with Crippen LogP contribution in [-0.4, -0.2) is 37.2 Å². The van der Waals surface area contributed by atoms with Crippen molar-refractivity contribution in [2.24, 2.45) is 0 Å². The molecular formula is C50H86O6. The van der Waals surface area contributed by atoms with E-state index < -0.39 is 6.10 Å². The molecule has 0 aromatic carbocycles. The molecule has 0 saturated heterocycles. The second-order valence-corrected chi connectivity index (χ2v) is 15.3. The van der Waals surface area contributed by atoms with Gasteiger partial charge >= 0.3 is 17.9 Å². The van der Waals surface area contributed by atoms with E-state index in [0.717, 1.165) is 96.3 Å². The first-order chi connectivity index (χ1) is 27.5. The van der Waals surface area contributed by atoms with Crippen molar-refractivity contribution >= 4 is 17.9 Å². The van der Waals surface area contributed by atoms with Gasteiger partial charge in [-0.05, 0) is 83.5 Å². The summed E-state index contributed by atoms with van der Waals surface area (Å²) in [6.07, 6.45) is 53.5. The fourth-order valence-electron chi connectivity index (χ4n) is 6.25. The number of esters is 3. The molecule has 0 fully saturated rings. The number of unbranched alkanes of at least 4 members (excludes halogenated alkanes) is 20. The van der Waals surface area contributed by atoms with E-state index in [9.17, 15) is 14.4 Å². The molecule has 0 spiro atoms. The molecule has 1 unspecified atom stereocenters. The third kappa shape index (κ3) is 42.3. The van der Waals surface area contributed by atoms with Gasteiger partial charge in [0.25, 0.3) is 0 Å². The quantitative estimate of drug-likeness (QED) is 0.0266. The zero-order valence-corrected chi connectivity index (χ0v) is 36.6. The number of hydrogen-bond donors (Lipinski definition) is 0. The van der Waals surface area contributed by atoms with Crippen LogP contribution in [0.25, 0.3) is 0 Å². The highest BCUT2D eigenvalue weighted by molar-refractivity contribution is 5.71. The fraction of sp³-hybridized carbons (Fsp3) is 0.740. The van der Waals surface area contributed by atoms with Crippen molar-refractivity contribution in [3.63, 3.8) is 0 Å². The van der Waals surface area contributed by atoms with Crippen molar-refractivity contribution in [3.05, 3.63) is 60.8 Å². The normalized spacial score (nSPS) is 12.6. The lowest BCUT2D eigenvalue weighted by Gasteiger charge is -2.18. The minimum absolute atomic E-state index is 0.0902. The van der Waals surface area contributed by atoms with E-state index in [-0.39, 0.29) is 31.1 Å². The zero-order chi connectivity index (χ0) is 40.8. The molecule has 0 aliphatic heterocycles.